The Morgan fingerprint density at radius 1 is 1.23 bits per heavy atom. The van der Waals surface area contributed by atoms with Crippen LogP contribution >= 0.6 is 0 Å². The molecule has 0 aromatic heterocycles. The van der Waals surface area contributed by atoms with Crippen LogP contribution in [0.2, 0.25) is 0 Å². The first-order valence-corrected chi connectivity index (χ1v) is 10.9. The first-order valence-electron chi connectivity index (χ1n) is 10.9. The Hall–Kier alpha value is -2.28. The molecule has 1 amide bonds. The molecule has 0 bridgehead atoms. The van der Waals surface area contributed by atoms with Gasteiger partial charge >= 0.3 is 0 Å². The van der Waals surface area contributed by atoms with Gasteiger partial charge in [0.05, 0.1) is 12.6 Å². The van der Waals surface area contributed by atoms with Crippen LogP contribution in [-0.2, 0) is 16.0 Å². The van der Waals surface area contributed by atoms with Crippen molar-refractivity contribution in [2.24, 2.45) is 0 Å². The molecule has 0 aliphatic carbocycles. The second kappa shape index (κ2) is 9.69. The quantitative estimate of drug-likeness (QED) is 0.794. The lowest BCUT2D eigenvalue weighted by atomic mass is 9.87. The molecule has 2 aromatic carbocycles. The largest absolute Gasteiger partial charge is 0.367 e. The summed E-state index contributed by atoms with van der Waals surface area (Å²) in [5, 5.41) is 6.80. The molecule has 0 radical (unpaired) electrons. The van der Waals surface area contributed by atoms with Gasteiger partial charge in [-0.3, -0.25) is 4.79 Å². The van der Waals surface area contributed by atoms with Crippen molar-refractivity contribution in [2.45, 2.75) is 38.0 Å². The monoisotopic (exact) mass is 411 g/mol. The number of carbonyl (C=O) groups is 1. The predicted molar refractivity (Wildman–Crippen MR) is 115 cm³/mol. The molecular formula is C24H30FN3O2. The average molecular weight is 412 g/mol. The van der Waals surface area contributed by atoms with Gasteiger partial charge < -0.3 is 20.3 Å². The number of amides is 1. The highest BCUT2D eigenvalue weighted by Crippen LogP contribution is 2.36. The SMILES string of the molecule is CCNC[C@H]1CO[C@@H](C(=O)N2CCc3ccccc3[C@@H]2c2ccc(F)cc2)CCN1. The minimum Gasteiger partial charge on any atom is -0.367 e. The molecule has 0 spiro atoms. The van der Waals surface area contributed by atoms with Crippen LogP contribution in [0, 0.1) is 5.82 Å². The lowest BCUT2D eigenvalue weighted by Crippen LogP contribution is -2.46. The number of ether oxygens (including phenoxy) is 1. The van der Waals surface area contributed by atoms with E-state index in [1.807, 2.05) is 17.0 Å². The second-order valence-electron chi connectivity index (χ2n) is 8.00. The Bertz CT molecular complexity index is 858. The highest BCUT2D eigenvalue weighted by molar-refractivity contribution is 5.82. The van der Waals surface area contributed by atoms with E-state index >= 15 is 0 Å². The normalized spacial score (nSPS) is 24.2. The number of fused-ring (bicyclic) bond motifs is 1. The molecule has 1 saturated heterocycles. The first kappa shape index (κ1) is 21.0. The fourth-order valence-corrected chi connectivity index (χ4v) is 4.43. The molecular weight excluding hydrogens is 381 g/mol. The maximum Gasteiger partial charge on any atom is 0.252 e. The van der Waals surface area contributed by atoms with Crippen molar-refractivity contribution >= 4 is 5.91 Å². The minimum absolute atomic E-state index is 0.0183. The van der Waals surface area contributed by atoms with Gasteiger partial charge in [0.1, 0.15) is 11.9 Å². The third-order valence-corrected chi connectivity index (χ3v) is 6.01. The second-order valence-corrected chi connectivity index (χ2v) is 8.00. The van der Waals surface area contributed by atoms with Crippen LogP contribution in [0.1, 0.15) is 36.1 Å². The van der Waals surface area contributed by atoms with E-state index in [0.717, 1.165) is 37.2 Å². The fraction of sp³-hybridized carbons (Fsp3) is 0.458. The number of carbonyl (C=O) groups excluding carboxylic acids is 1. The molecule has 30 heavy (non-hydrogen) atoms. The van der Waals surface area contributed by atoms with Gasteiger partial charge in [0.25, 0.3) is 5.91 Å². The minimum atomic E-state index is -0.461. The number of likely N-dealkylation sites (N-methyl/N-ethyl adjacent to an activating group) is 1. The molecule has 4 rings (SSSR count). The molecule has 3 atom stereocenters. The zero-order valence-corrected chi connectivity index (χ0v) is 17.4. The summed E-state index contributed by atoms with van der Waals surface area (Å²) >= 11 is 0. The molecule has 2 N–H and O–H groups in total. The zero-order valence-electron chi connectivity index (χ0n) is 17.4. The van der Waals surface area contributed by atoms with Crippen LogP contribution in [0.5, 0.6) is 0 Å². The van der Waals surface area contributed by atoms with Gasteiger partial charge in [-0.05, 0) is 54.8 Å². The van der Waals surface area contributed by atoms with E-state index < -0.39 is 6.10 Å². The van der Waals surface area contributed by atoms with E-state index in [-0.39, 0.29) is 23.8 Å². The van der Waals surface area contributed by atoms with E-state index in [1.54, 1.807) is 12.1 Å². The standard InChI is InChI=1S/C24H30FN3O2/c1-2-26-15-20-16-30-22(11-13-27-20)24(29)28-14-12-17-5-3-4-6-21(17)23(28)18-7-9-19(25)10-8-18/h3-10,20,22-23,26-27H,2,11-16H2,1H3/t20-,22+,23-/m0/s1. The van der Waals surface area contributed by atoms with Crippen LogP contribution in [0.15, 0.2) is 48.5 Å². The number of hydrogen-bond acceptors (Lipinski definition) is 4. The van der Waals surface area contributed by atoms with Gasteiger partial charge in [-0.1, -0.05) is 43.3 Å². The summed E-state index contributed by atoms with van der Waals surface area (Å²) in [7, 11) is 0. The third kappa shape index (κ3) is 4.56. The topological polar surface area (TPSA) is 53.6 Å². The lowest BCUT2D eigenvalue weighted by molar-refractivity contribution is -0.146. The first-order chi connectivity index (χ1) is 14.7. The number of rotatable bonds is 5. The molecule has 1 fully saturated rings. The van der Waals surface area contributed by atoms with Crippen LogP contribution in [0.4, 0.5) is 4.39 Å². The third-order valence-electron chi connectivity index (χ3n) is 6.01. The summed E-state index contributed by atoms with van der Waals surface area (Å²) in [6.07, 6.45) is 1.00. The maximum atomic E-state index is 13.6. The van der Waals surface area contributed by atoms with E-state index in [1.165, 1.54) is 17.7 Å². The molecule has 2 heterocycles. The van der Waals surface area contributed by atoms with Gasteiger partial charge in [0.2, 0.25) is 0 Å². The molecule has 2 aromatic rings. The molecule has 2 aliphatic heterocycles. The number of nitrogens with zero attached hydrogens (tertiary/aromatic N) is 1. The predicted octanol–water partition coefficient (Wildman–Crippen LogP) is 2.66. The van der Waals surface area contributed by atoms with Gasteiger partial charge in [0.15, 0.2) is 0 Å². The Kier molecular flexibility index (Phi) is 6.77. The molecule has 2 aliphatic rings. The van der Waals surface area contributed by atoms with Gasteiger partial charge in [0, 0.05) is 19.1 Å². The van der Waals surface area contributed by atoms with Crippen LogP contribution in [-0.4, -0.2) is 55.7 Å². The molecule has 0 unspecified atom stereocenters. The van der Waals surface area contributed by atoms with Gasteiger partial charge in [-0.15, -0.1) is 0 Å². The molecule has 0 saturated carbocycles. The number of nitrogens with one attached hydrogen (secondary N) is 2. The summed E-state index contributed by atoms with van der Waals surface area (Å²) in [6.45, 7) is 5.70. The van der Waals surface area contributed by atoms with Crippen molar-refractivity contribution in [1.29, 1.82) is 0 Å². The Balaban J connectivity index is 1.57. The maximum absolute atomic E-state index is 13.6. The summed E-state index contributed by atoms with van der Waals surface area (Å²) in [5.41, 5.74) is 3.28. The van der Waals surface area contributed by atoms with Gasteiger partial charge in [-0.2, -0.15) is 0 Å². The van der Waals surface area contributed by atoms with Crippen LogP contribution in [0.25, 0.3) is 0 Å². The van der Waals surface area contributed by atoms with E-state index in [2.05, 4.69) is 29.7 Å². The summed E-state index contributed by atoms with van der Waals surface area (Å²) in [6, 6.07) is 14.7. The summed E-state index contributed by atoms with van der Waals surface area (Å²) in [4.78, 5) is 15.5. The lowest BCUT2D eigenvalue weighted by Gasteiger charge is -2.39. The fourth-order valence-electron chi connectivity index (χ4n) is 4.43. The van der Waals surface area contributed by atoms with Crippen molar-refractivity contribution in [1.82, 2.24) is 15.5 Å². The highest BCUT2D eigenvalue weighted by Gasteiger charge is 2.36. The molecule has 160 valence electrons. The molecule has 6 heteroatoms. The summed E-state index contributed by atoms with van der Waals surface area (Å²) < 4.78 is 19.6. The Labute approximate surface area is 177 Å². The number of benzene rings is 2. The summed E-state index contributed by atoms with van der Waals surface area (Å²) in [5.74, 6) is -0.254. The Morgan fingerprint density at radius 2 is 2.03 bits per heavy atom. The number of hydrogen-bond donors (Lipinski definition) is 2. The highest BCUT2D eigenvalue weighted by atomic mass is 19.1. The number of halogens is 1. The van der Waals surface area contributed by atoms with E-state index in [9.17, 15) is 9.18 Å². The van der Waals surface area contributed by atoms with Crippen molar-refractivity contribution in [3.63, 3.8) is 0 Å². The van der Waals surface area contributed by atoms with Gasteiger partial charge in [-0.25, -0.2) is 4.39 Å². The Morgan fingerprint density at radius 3 is 2.83 bits per heavy atom. The van der Waals surface area contributed by atoms with E-state index in [4.69, 9.17) is 4.74 Å². The van der Waals surface area contributed by atoms with Crippen molar-refractivity contribution in [2.75, 3.05) is 32.8 Å². The van der Waals surface area contributed by atoms with Crippen molar-refractivity contribution in [3.8, 4) is 0 Å². The van der Waals surface area contributed by atoms with Crippen LogP contribution in [0.3, 0.4) is 0 Å². The molecule has 5 nitrogen and oxygen atoms in total. The zero-order chi connectivity index (χ0) is 20.9. The van der Waals surface area contributed by atoms with E-state index in [0.29, 0.717) is 19.6 Å². The average Bonchev–Trinajstić information content (AvgIpc) is 3.03. The smallest absolute Gasteiger partial charge is 0.252 e. The van der Waals surface area contributed by atoms with Crippen molar-refractivity contribution < 1.29 is 13.9 Å². The van der Waals surface area contributed by atoms with Crippen LogP contribution < -0.4 is 10.6 Å². The van der Waals surface area contributed by atoms with Crippen molar-refractivity contribution in [3.05, 3.63) is 71.0 Å².